The summed E-state index contributed by atoms with van der Waals surface area (Å²) in [5.41, 5.74) is 5.41. The lowest BCUT2D eigenvalue weighted by Crippen LogP contribution is -2.54. The predicted octanol–water partition coefficient (Wildman–Crippen LogP) is -2.18. The summed E-state index contributed by atoms with van der Waals surface area (Å²) in [5, 5.41) is 17.7. The van der Waals surface area contributed by atoms with Gasteiger partial charge in [0.15, 0.2) is 0 Å². The van der Waals surface area contributed by atoms with E-state index in [1.807, 2.05) is 0 Å². The summed E-state index contributed by atoms with van der Waals surface area (Å²) in [5.74, 6) is 0. The second kappa shape index (κ2) is 2.41. The number of β-amino-alcohol motifs (C(OH)–C–C–N with tert-alkyl or cyclic N) is 2. The fraction of sp³-hybridized carbons (Fsp3) is 1.00. The Balaban J connectivity index is 2.28. The van der Waals surface area contributed by atoms with Crippen LogP contribution in [-0.4, -0.2) is 35.5 Å². The van der Waals surface area contributed by atoms with E-state index in [0.29, 0.717) is 13.1 Å². The van der Waals surface area contributed by atoms with Gasteiger partial charge in [-0.15, -0.1) is 0 Å². The summed E-state index contributed by atoms with van der Waals surface area (Å²) in [4.78, 5) is 0. The van der Waals surface area contributed by atoms with E-state index in [-0.39, 0.29) is 0 Å². The number of aliphatic hydroxyl groups excluding tert-OH is 2. The van der Waals surface area contributed by atoms with Crippen molar-refractivity contribution in [1.82, 2.24) is 10.9 Å². The predicted molar refractivity (Wildman–Crippen MR) is 28.0 cm³/mol. The van der Waals surface area contributed by atoms with Crippen molar-refractivity contribution in [3.8, 4) is 0 Å². The van der Waals surface area contributed by atoms with Crippen molar-refractivity contribution in [1.29, 1.82) is 0 Å². The molecule has 0 aromatic rings. The third-order valence-electron chi connectivity index (χ3n) is 1.19. The number of rotatable bonds is 0. The highest BCUT2D eigenvalue weighted by Crippen LogP contribution is 1.92. The van der Waals surface area contributed by atoms with Gasteiger partial charge in [-0.2, -0.15) is 0 Å². The summed E-state index contributed by atoms with van der Waals surface area (Å²) in [6.07, 6.45) is -1.23. The van der Waals surface area contributed by atoms with Gasteiger partial charge in [-0.1, -0.05) is 0 Å². The Morgan fingerprint density at radius 1 is 1.00 bits per heavy atom. The number of nitrogens with one attached hydrogen (secondary N) is 2. The molecule has 1 rings (SSSR count). The number of hydrogen-bond acceptors (Lipinski definition) is 4. The molecule has 1 aliphatic heterocycles. The van der Waals surface area contributed by atoms with Gasteiger partial charge < -0.3 is 10.2 Å². The molecule has 4 nitrogen and oxygen atoms in total. The van der Waals surface area contributed by atoms with Crippen molar-refractivity contribution in [3.05, 3.63) is 0 Å². The van der Waals surface area contributed by atoms with Crippen LogP contribution >= 0.6 is 0 Å². The van der Waals surface area contributed by atoms with Crippen molar-refractivity contribution in [2.24, 2.45) is 0 Å². The molecule has 8 heavy (non-hydrogen) atoms. The van der Waals surface area contributed by atoms with Crippen LogP contribution in [0.3, 0.4) is 0 Å². The summed E-state index contributed by atoms with van der Waals surface area (Å²) < 4.78 is 0. The Labute approximate surface area is 47.5 Å². The van der Waals surface area contributed by atoms with Crippen molar-refractivity contribution in [2.45, 2.75) is 12.2 Å². The number of aliphatic hydroxyl groups is 2. The fourth-order valence-electron chi connectivity index (χ4n) is 0.626. The SMILES string of the molecule is O[C@@H]1CNNC[C@@H]1O. The molecule has 1 fully saturated rings. The molecular weight excluding hydrogens is 108 g/mol. The Bertz CT molecular complexity index is 68.4. The van der Waals surface area contributed by atoms with E-state index in [9.17, 15) is 0 Å². The van der Waals surface area contributed by atoms with Crippen LogP contribution < -0.4 is 10.9 Å². The molecule has 4 N–H and O–H groups in total. The average Bonchev–Trinajstić information content (AvgIpc) is 1.77. The van der Waals surface area contributed by atoms with Crippen molar-refractivity contribution >= 4 is 0 Å². The second-order valence-electron chi connectivity index (χ2n) is 1.90. The highest BCUT2D eigenvalue weighted by Gasteiger charge is 2.18. The molecule has 0 bridgehead atoms. The van der Waals surface area contributed by atoms with Crippen LogP contribution in [0.25, 0.3) is 0 Å². The maximum absolute atomic E-state index is 8.83. The molecule has 0 amide bonds. The van der Waals surface area contributed by atoms with Gasteiger partial charge >= 0.3 is 0 Å². The highest BCUT2D eigenvalue weighted by molar-refractivity contribution is 4.74. The quantitative estimate of drug-likeness (QED) is 0.292. The molecule has 2 atom stereocenters. The van der Waals surface area contributed by atoms with Gasteiger partial charge in [0.1, 0.15) is 0 Å². The van der Waals surface area contributed by atoms with Gasteiger partial charge in [0.05, 0.1) is 12.2 Å². The number of hydrogen-bond donors (Lipinski definition) is 4. The second-order valence-corrected chi connectivity index (χ2v) is 1.90. The zero-order valence-corrected chi connectivity index (χ0v) is 4.46. The lowest BCUT2D eigenvalue weighted by Gasteiger charge is -2.24. The van der Waals surface area contributed by atoms with Crippen molar-refractivity contribution in [3.63, 3.8) is 0 Å². The van der Waals surface area contributed by atoms with Crippen LogP contribution in [0, 0.1) is 0 Å². The van der Waals surface area contributed by atoms with Gasteiger partial charge in [-0.05, 0) is 0 Å². The first kappa shape index (κ1) is 5.97. The molecular formula is C4H10N2O2. The first-order valence-electron chi connectivity index (χ1n) is 2.62. The Kier molecular flexibility index (Phi) is 1.80. The molecule has 0 unspecified atom stereocenters. The Morgan fingerprint density at radius 3 is 1.62 bits per heavy atom. The molecule has 0 aliphatic carbocycles. The van der Waals surface area contributed by atoms with E-state index >= 15 is 0 Å². The third-order valence-corrected chi connectivity index (χ3v) is 1.19. The van der Waals surface area contributed by atoms with Crippen LogP contribution in [-0.2, 0) is 0 Å². The maximum Gasteiger partial charge on any atom is 0.0950 e. The van der Waals surface area contributed by atoms with Crippen LogP contribution in [0.1, 0.15) is 0 Å². The zero-order chi connectivity index (χ0) is 5.98. The largest absolute Gasteiger partial charge is 0.389 e. The van der Waals surface area contributed by atoms with Crippen molar-refractivity contribution in [2.75, 3.05) is 13.1 Å². The molecule has 4 heteroatoms. The average molecular weight is 118 g/mol. The molecule has 0 radical (unpaired) electrons. The first-order valence-corrected chi connectivity index (χ1v) is 2.62. The molecule has 48 valence electrons. The normalized spacial score (nSPS) is 39.8. The standard InChI is InChI=1S/C4H10N2O2/c7-3-1-5-6-2-4(3)8/h3-8H,1-2H2/t3-,4+. The summed E-state index contributed by atoms with van der Waals surface area (Å²) in [7, 11) is 0. The van der Waals surface area contributed by atoms with Crippen LogP contribution in [0.5, 0.6) is 0 Å². The zero-order valence-electron chi connectivity index (χ0n) is 4.46. The van der Waals surface area contributed by atoms with Crippen molar-refractivity contribution < 1.29 is 10.2 Å². The van der Waals surface area contributed by atoms with Gasteiger partial charge in [-0.25, -0.2) is 0 Å². The maximum atomic E-state index is 8.83. The molecule has 1 aliphatic rings. The van der Waals surface area contributed by atoms with Gasteiger partial charge in [0.2, 0.25) is 0 Å². The van der Waals surface area contributed by atoms with E-state index < -0.39 is 12.2 Å². The monoisotopic (exact) mass is 118 g/mol. The molecule has 1 saturated heterocycles. The molecule has 1 heterocycles. The van der Waals surface area contributed by atoms with Crippen LogP contribution in [0.4, 0.5) is 0 Å². The molecule has 0 aromatic heterocycles. The topological polar surface area (TPSA) is 64.5 Å². The fourth-order valence-corrected chi connectivity index (χ4v) is 0.626. The van der Waals surface area contributed by atoms with Crippen LogP contribution in [0.2, 0.25) is 0 Å². The molecule has 0 saturated carbocycles. The molecule has 0 spiro atoms. The summed E-state index contributed by atoms with van der Waals surface area (Å²) in [6.45, 7) is 0.836. The smallest absolute Gasteiger partial charge is 0.0950 e. The van der Waals surface area contributed by atoms with E-state index in [4.69, 9.17) is 10.2 Å². The third kappa shape index (κ3) is 1.16. The van der Waals surface area contributed by atoms with Gasteiger partial charge in [0, 0.05) is 13.1 Å². The van der Waals surface area contributed by atoms with E-state index in [0.717, 1.165) is 0 Å². The Morgan fingerprint density at radius 2 is 1.38 bits per heavy atom. The minimum absolute atomic E-state index is 0.418. The lowest BCUT2D eigenvalue weighted by atomic mass is 10.2. The molecule has 0 aromatic carbocycles. The van der Waals surface area contributed by atoms with E-state index in [1.165, 1.54) is 0 Å². The number of hydrazine groups is 1. The minimum Gasteiger partial charge on any atom is -0.389 e. The van der Waals surface area contributed by atoms with Gasteiger partial charge in [0.25, 0.3) is 0 Å². The minimum atomic E-state index is -0.615. The Hall–Kier alpha value is -0.160. The lowest BCUT2D eigenvalue weighted by molar-refractivity contribution is -0.00233. The van der Waals surface area contributed by atoms with Gasteiger partial charge in [-0.3, -0.25) is 10.9 Å². The summed E-state index contributed by atoms with van der Waals surface area (Å²) in [6, 6.07) is 0. The highest BCUT2D eigenvalue weighted by atomic mass is 16.3. The van der Waals surface area contributed by atoms with E-state index in [1.54, 1.807) is 0 Å². The van der Waals surface area contributed by atoms with E-state index in [2.05, 4.69) is 10.9 Å². The first-order chi connectivity index (χ1) is 3.80. The van der Waals surface area contributed by atoms with Crippen LogP contribution in [0.15, 0.2) is 0 Å². The summed E-state index contributed by atoms with van der Waals surface area (Å²) >= 11 is 0.